The van der Waals surface area contributed by atoms with E-state index in [1.165, 1.54) is 0 Å². The Kier molecular flexibility index (Phi) is 3.30. The first-order valence-electron chi connectivity index (χ1n) is 6.57. The van der Waals surface area contributed by atoms with Crippen LogP contribution >= 0.6 is 0 Å². The monoisotopic (exact) mass is 295 g/mol. The minimum atomic E-state index is -0.513. The molecule has 0 saturated carbocycles. The van der Waals surface area contributed by atoms with Crippen LogP contribution in [0.4, 0.5) is 5.69 Å². The number of amides is 2. The Morgan fingerprint density at radius 3 is 2.64 bits per heavy atom. The Balaban J connectivity index is 1.90. The summed E-state index contributed by atoms with van der Waals surface area (Å²) in [7, 11) is 0. The van der Waals surface area contributed by atoms with Gasteiger partial charge in [-0.1, -0.05) is 0 Å². The number of aryl methyl sites for hydroxylation is 1. The number of hydrogen-bond acceptors (Lipinski definition) is 4. The normalized spacial score (nSPS) is 10.6. The van der Waals surface area contributed by atoms with Gasteiger partial charge >= 0.3 is 0 Å². The van der Waals surface area contributed by atoms with Crippen LogP contribution in [0.5, 0.6) is 0 Å². The van der Waals surface area contributed by atoms with Gasteiger partial charge in [-0.25, -0.2) is 9.50 Å². The second kappa shape index (κ2) is 5.28. The zero-order chi connectivity index (χ0) is 15.7. The Labute approximate surface area is 125 Å². The van der Waals surface area contributed by atoms with Gasteiger partial charge in [0.15, 0.2) is 5.65 Å². The predicted molar refractivity (Wildman–Crippen MR) is 80.6 cm³/mol. The third kappa shape index (κ3) is 2.39. The van der Waals surface area contributed by atoms with Crippen molar-refractivity contribution in [2.24, 2.45) is 5.73 Å². The van der Waals surface area contributed by atoms with E-state index in [0.29, 0.717) is 28.2 Å². The standard InChI is InChI=1S/C15H13N5O2/c1-9-12(14-17-7-2-8-20(14)19-9)15(22)18-11-5-3-10(4-6-11)13(16)21/h2-8H,1H3,(H2,16,21)(H,18,22). The molecule has 0 bridgehead atoms. The average Bonchev–Trinajstić information content (AvgIpc) is 2.83. The van der Waals surface area contributed by atoms with Crippen molar-refractivity contribution in [3.05, 3.63) is 59.5 Å². The van der Waals surface area contributed by atoms with Crippen LogP contribution in [0.1, 0.15) is 26.4 Å². The Morgan fingerprint density at radius 1 is 1.23 bits per heavy atom. The number of benzene rings is 1. The lowest BCUT2D eigenvalue weighted by atomic mass is 10.2. The number of hydrogen-bond donors (Lipinski definition) is 2. The van der Waals surface area contributed by atoms with Gasteiger partial charge in [-0.15, -0.1) is 0 Å². The van der Waals surface area contributed by atoms with E-state index < -0.39 is 5.91 Å². The largest absolute Gasteiger partial charge is 0.366 e. The number of rotatable bonds is 3. The van der Waals surface area contributed by atoms with Gasteiger partial charge in [-0.3, -0.25) is 9.59 Å². The average molecular weight is 295 g/mol. The lowest BCUT2D eigenvalue weighted by Gasteiger charge is -2.05. The van der Waals surface area contributed by atoms with Gasteiger partial charge in [0.1, 0.15) is 5.56 Å². The van der Waals surface area contributed by atoms with Crippen LogP contribution in [-0.4, -0.2) is 26.4 Å². The summed E-state index contributed by atoms with van der Waals surface area (Å²) in [5.41, 5.74) is 7.62. The van der Waals surface area contributed by atoms with Crippen LogP contribution in [0.25, 0.3) is 5.65 Å². The molecule has 0 fully saturated rings. The van der Waals surface area contributed by atoms with E-state index in [9.17, 15) is 9.59 Å². The summed E-state index contributed by atoms with van der Waals surface area (Å²) in [5, 5.41) is 7.00. The van der Waals surface area contributed by atoms with Crippen molar-refractivity contribution in [3.63, 3.8) is 0 Å². The number of carbonyl (C=O) groups excluding carboxylic acids is 2. The van der Waals surface area contributed by atoms with Crippen LogP contribution in [-0.2, 0) is 0 Å². The van der Waals surface area contributed by atoms with Crippen molar-refractivity contribution < 1.29 is 9.59 Å². The van der Waals surface area contributed by atoms with Crippen molar-refractivity contribution >= 4 is 23.1 Å². The summed E-state index contributed by atoms with van der Waals surface area (Å²) < 4.78 is 1.56. The van der Waals surface area contributed by atoms with Crippen LogP contribution in [0, 0.1) is 6.92 Å². The van der Waals surface area contributed by atoms with Crippen LogP contribution in [0.15, 0.2) is 42.7 Å². The molecular weight excluding hydrogens is 282 g/mol. The van der Waals surface area contributed by atoms with Crippen LogP contribution < -0.4 is 11.1 Å². The molecule has 2 amide bonds. The highest BCUT2D eigenvalue weighted by molar-refractivity contribution is 6.09. The van der Waals surface area contributed by atoms with E-state index in [4.69, 9.17) is 5.73 Å². The molecule has 3 aromatic rings. The Hall–Kier alpha value is -3.22. The van der Waals surface area contributed by atoms with Gasteiger partial charge in [-0.05, 0) is 37.3 Å². The second-order valence-corrected chi connectivity index (χ2v) is 4.74. The molecule has 7 nitrogen and oxygen atoms in total. The Morgan fingerprint density at radius 2 is 1.95 bits per heavy atom. The minimum absolute atomic E-state index is 0.307. The van der Waals surface area contributed by atoms with E-state index in [1.807, 2.05) is 0 Å². The summed E-state index contributed by atoms with van der Waals surface area (Å²) >= 11 is 0. The first-order chi connectivity index (χ1) is 10.6. The van der Waals surface area contributed by atoms with E-state index in [1.54, 1.807) is 54.2 Å². The molecule has 7 heteroatoms. The van der Waals surface area contributed by atoms with E-state index >= 15 is 0 Å². The summed E-state index contributed by atoms with van der Waals surface area (Å²) in [4.78, 5) is 27.6. The number of carbonyl (C=O) groups is 2. The van der Waals surface area contributed by atoms with Gasteiger partial charge < -0.3 is 11.1 Å². The highest BCUT2D eigenvalue weighted by atomic mass is 16.2. The van der Waals surface area contributed by atoms with E-state index in [0.717, 1.165) is 0 Å². The van der Waals surface area contributed by atoms with Gasteiger partial charge in [0.25, 0.3) is 5.91 Å². The quantitative estimate of drug-likeness (QED) is 0.762. The molecule has 110 valence electrons. The van der Waals surface area contributed by atoms with Crippen LogP contribution in [0.3, 0.4) is 0 Å². The number of anilines is 1. The van der Waals surface area contributed by atoms with Crippen molar-refractivity contribution in [3.8, 4) is 0 Å². The van der Waals surface area contributed by atoms with Gasteiger partial charge in [0.2, 0.25) is 5.91 Å². The lowest BCUT2D eigenvalue weighted by Crippen LogP contribution is -2.14. The maximum atomic E-state index is 12.4. The van der Waals surface area contributed by atoms with Crippen molar-refractivity contribution in [1.82, 2.24) is 14.6 Å². The molecule has 2 aromatic heterocycles. The molecule has 3 rings (SSSR count). The number of fused-ring (bicyclic) bond motifs is 1. The second-order valence-electron chi connectivity index (χ2n) is 4.74. The fraction of sp³-hybridized carbons (Fsp3) is 0.0667. The maximum Gasteiger partial charge on any atom is 0.261 e. The highest BCUT2D eigenvalue weighted by Crippen LogP contribution is 2.16. The number of aromatic nitrogens is 3. The lowest BCUT2D eigenvalue weighted by molar-refractivity contribution is 0.0998. The molecule has 2 heterocycles. The molecular formula is C15H13N5O2. The zero-order valence-electron chi connectivity index (χ0n) is 11.8. The summed E-state index contributed by atoms with van der Waals surface area (Å²) in [5.74, 6) is -0.821. The first kappa shape index (κ1) is 13.7. The fourth-order valence-corrected chi connectivity index (χ4v) is 2.17. The number of nitrogens with two attached hydrogens (primary N) is 1. The molecule has 0 unspecified atom stereocenters. The third-order valence-corrected chi connectivity index (χ3v) is 3.22. The third-order valence-electron chi connectivity index (χ3n) is 3.22. The smallest absolute Gasteiger partial charge is 0.261 e. The Bertz CT molecular complexity index is 867. The molecule has 0 radical (unpaired) electrons. The molecule has 3 N–H and O–H groups in total. The van der Waals surface area contributed by atoms with Gasteiger partial charge in [0.05, 0.1) is 5.69 Å². The van der Waals surface area contributed by atoms with Crippen molar-refractivity contribution in [2.45, 2.75) is 6.92 Å². The maximum absolute atomic E-state index is 12.4. The number of nitrogens with one attached hydrogen (secondary N) is 1. The molecule has 0 saturated heterocycles. The molecule has 0 atom stereocenters. The van der Waals surface area contributed by atoms with E-state index in [2.05, 4.69) is 15.4 Å². The SMILES string of the molecule is Cc1nn2cccnc2c1C(=O)Nc1ccc(C(N)=O)cc1. The summed E-state index contributed by atoms with van der Waals surface area (Å²) in [6, 6.07) is 8.08. The predicted octanol–water partition coefficient (Wildman–Crippen LogP) is 1.39. The molecule has 22 heavy (non-hydrogen) atoms. The highest BCUT2D eigenvalue weighted by Gasteiger charge is 2.18. The molecule has 0 aliphatic carbocycles. The van der Waals surface area contributed by atoms with Gasteiger partial charge in [0, 0.05) is 23.6 Å². The first-order valence-corrected chi connectivity index (χ1v) is 6.57. The topological polar surface area (TPSA) is 102 Å². The fourth-order valence-electron chi connectivity index (χ4n) is 2.17. The summed E-state index contributed by atoms with van der Waals surface area (Å²) in [6.07, 6.45) is 3.34. The molecule has 0 spiro atoms. The number of primary amides is 1. The van der Waals surface area contributed by atoms with Gasteiger partial charge in [-0.2, -0.15) is 5.10 Å². The molecule has 0 aliphatic heterocycles. The van der Waals surface area contributed by atoms with Crippen molar-refractivity contribution in [1.29, 1.82) is 0 Å². The van der Waals surface area contributed by atoms with Crippen LogP contribution in [0.2, 0.25) is 0 Å². The molecule has 0 aliphatic rings. The zero-order valence-corrected chi connectivity index (χ0v) is 11.8. The summed E-state index contributed by atoms with van der Waals surface area (Å²) in [6.45, 7) is 1.75. The molecule has 1 aromatic carbocycles. The number of nitrogens with zero attached hydrogens (tertiary/aromatic N) is 3. The van der Waals surface area contributed by atoms with E-state index in [-0.39, 0.29) is 5.91 Å². The minimum Gasteiger partial charge on any atom is -0.366 e. The van der Waals surface area contributed by atoms with Crippen molar-refractivity contribution in [2.75, 3.05) is 5.32 Å².